The number of rotatable bonds is 5. The minimum atomic E-state index is 0.326. The summed E-state index contributed by atoms with van der Waals surface area (Å²) >= 11 is 0. The lowest BCUT2D eigenvalue weighted by atomic mass is 9.96. The number of benzene rings is 1. The van der Waals surface area contributed by atoms with E-state index in [2.05, 4.69) is 35.2 Å². The SMILES string of the molecule is Cc1cc(C)cc(NC(N)=NCc2ccnc(OC3CCC3)c2)c1. The number of aromatic nitrogens is 1. The summed E-state index contributed by atoms with van der Waals surface area (Å²) in [4.78, 5) is 8.66. The zero-order valence-electron chi connectivity index (χ0n) is 14.2. The highest BCUT2D eigenvalue weighted by molar-refractivity contribution is 5.92. The van der Waals surface area contributed by atoms with Gasteiger partial charge in [-0.15, -0.1) is 0 Å². The van der Waals surface area contributed by atoms with Crippen molar-refractivity contribution in [3.8, 4) is 5.88 Å². The van der Waals surface area contributed by atoms with E-state index < -0.39 is 0 Å². The average molecular weight is 324 g/mol. The number of ether oxygens (including phenoxy) is 1. The summed E-state index contributed by atoms with van der Waals surface area (Å²) in [7, 11) is 0. The Bertz CT molecular complexity index is 718. The molecule has 0 unspecified atom stereocenters. The fraction of sp³-hybridized carbons (Fsp3) is 0.368. The smallest absolute Gasteiger partial charge is 0.213 e. The second-order valence-corrected chi connectivity index (χ2v) is 6.38. The maximum atomic E-state index is 6.00. The van der Waals surface area contributed by atoms with Crippen LogP contribution < -0.4 is 15.8 Å². The molecular weight excluding hydrogens is 300 g/mol. The monoisotopic (exact) mass is 324 g/mol. The molecule has 2 aromatic rings. The van der Waals surface area contributed by atoms with E-state index in [0.29, 0.717) is 24.5 Å². The van der Waals surface area contributed by atoms with Gasteiger partial charge >= 0.3 is 0 Å². The van der Waals surface area contributed by atoms with Crippen molar-refractivity contribution in [3.05, 3.63) is 53.2 Å². The van der Waals surface area contributed by atoms with Crippen molar-refractivity contribution in [1.82, 2.24) is 4.98 Å². The number of hydrogen-bond donors (Lipinski definition) is 2. The number of hydrogen-bond acceptors (Lipinski definition) is 3. The molecule has 126 valence electrons. The van der Waals surface area contributed by atoms with E-state index in [-0.39, 0.29) is 0 Å². The Hall–Kier alpha value is -2.56. The largest absolute Gasteiger partial charge is 0.474 e. The maximum absolute atomic E-state index is 6.00. The Morgan fingerprint density at radius 1 is 1.25 bits per heavy atom. The molecular formula is C19H24N4O. The highest BCUT2D eigenvalue weighted by Gasteiger charge is 2.19. The van der Waals surface area contributed by atoms with Crippen LogP contribution in [0.25, 0.3) is 0 Å². The van der Waals surface area contributed by atoms with Crippen LogP contribution in [0.2, 0.25) is 0 Å². The Balaban J connectivity index is 1.60. The van der Waals surface area contributed by atoms with Crippen molar-refractivity contribution in [2.75, 3.05) is 5.32 Å². The van der Waals surface area contributed by atoms with Crippen molar-refractivity contribution in [2.24, 2.45) is 10.7 Å². The molecule has 3 N–H and O–H groups in total. The minimum absolute atomic E-state index is 0.326. The third kappa shape index (κ3) is 4.47. The lowest BCUT2D eigenvalue weighted by Gasteiger charge is -2.25. The van der Waals surface area contributed by atoms with E-state index in [1.54, 1.807) is 6.20 Å². The molecule has 0 saturated heterocycles. The fourth-order valence-corrected chi connectivity index (χ4v) is 2.68. The van der Waals surface area contributed by atoms with Gasteiger partial charge in [0.15, 0.2) is 5.96 Å². The van der Waals surface area contributed by atoms with Gasteiger partial charge in [0.1, 0.15) is 6.10 Å². The molecule has 0 aliphatic heterocycles. The Morgan fingerprint density at radius 3 is 2.67 bits per heavy atom. The zero-order chi connectivity index (χ0) is 16.9. The molecule has 1 aromatic heterocycles. The normalized spacial score (nSPS) is 15.0. The second kappa shape index (κ2) is 7.34. The van der Waals surface area contributed by atoms with E-state index in [1.807, 2.05) is 24.3 Å². The lowest BCUT2D eigenvalue weighted by molar-refractivity contribution is 0.114. The van der Waals surface area contributed by atoms with Crippen LogP contribution in [0.15, 0.2) is 41.5 Å². The van der Waals surface area contributed by atoms with Gasteiger partial charge in [0.25, 0.3) is 0 Å². The van der Waals surface area contributed by atoms with Gasteiger partial charge in [-0.25, -0.2) is 9.98 Å². The molecule has 1 heterocycles. The maximum Gasteiger partial charge on any atom is 0.213 e. The van der Waals surface area contributed by atoms with Gasteiger partial charge in [-0.05, 0) is 68.0 Å². The number of aliphatic imine (C=N–C) groups is 1. The quantitative estimate of drug-likeness (QED) is 0.651. The van der Waals surface area contributed by atoms with Crippen LogP contribution in [-0.2, 0) is 6.54 Å². The summed E-state index contributed by atoms with van der Waals surface area (Å²) in [6.45, 7) is 4.62. The number of aryl methyl sites for hydroxylation is 2. The van der Waals surface area contributed by atoms with E-state index >= 15 is 0 Å². The molecule has 24 heavy (non-hydrogen) atoms. The van der Waals surface area contributed by atoms with E-state index in [0.717, 1.165) is 24.1 Å². The van der Waals surface area contributed by atoms with Crippen molar-refractivity contribution < 1.29 is 4.74 Å². The van der Waals surface area contributed by atoms with Gasteiger partial charge in [-0.2, -0.15) is 0 Å². The summed E-state index contributed by atoms with van der Waals surface area (Å²) in [6, 6.07) is 10.1. The lowest BCUT2D eigenvalue weighted by Crippen LogP contribution is -2.25. The van der Waals surface area contributed by atoms with Crippen molar-refractivity contribution in [3.63, 3.8) is 0 Å². The fourth-order valence-electron chi connectivity index (χ4n) is 2.68. The number of nitrogens with zero attached hydrogens (tertiary/aromatic N) is 2. The number of nitrogens with two attached hydrogens (primary N) is 1. The summed E-state index contributed by atoms with van der Waals surface area (Å²) in [5.74, 6) is 1.08. The van der Waals surface area contributed by atoms with Gasteiger partial charge in [-0.3, -0.25) is 0 Å². The third-order valence-corrected chi connectivity index (χ3v) is 4.06. The molecule has 5 heteroatoms. The molecule has 1 saturated carbocycles. The van der Waals surface area contributed by atoms with E-state index in [4.69, 9.17) is 10.5 Å². The topological polar surface area (TPSA) is 72.5 Å². The molecule has 1 aromatic carbocycles. The molecule has 0 amide bonds. The first-order valence-electron chi connectivity index (χ1n) is 8.35. The summed E-state index contributed by atoms with van der Waals surface area (Å²) < 4.78 is 5.81. The summed E-state index contributed by atoms with van der Waals surface area (Å²) in [5.41, 5.74) is 10.4. The molecule has 0 bridgehead atoms. The van der Waals surface area contributed by atoms with Crippen molar-refractivity contribution in [2.45, 2.75) is 45.8 Å². The van der Waals surface area contributed by atoms with Crippen LogP contribution in [0, 0.1) is 13.8 Å². The van der Waals surface area contributed by atoms with E-state index in [1.165, 1.54) is 17.5 Å². The van der Waals surface area contributed by atoms with Crippen LogP contribution in [0.4, 0.5) is 5.69 Å². The van der Waals surface area contributed by atoms with Gasteiger partial charge < -0.3 is 15.8 Å². The highest BCUT2D eigenvalue weighted by atomic mass is 16.5. The Labute approximate surface area is 143 Å². The Morgan fingerprint density at radius 2 is 2.00 bits per heavy atom. The van der Waals surface area contributed by atoms with Crippen LogP contribution >= 0.6 is 0 Å². The van der Waals surface area contributed by atoms with Crippen LogP contribution in [-0.4, -0.2) is 17.0 Å². The van der Waals surface area contributed by atoms with Crippen LogP contribution in [0.3, 0.4) is 0 Å². The number of guanidine groups is 1. The molecule has 1 aliphatic carbocycles. The Kier molecular flexibility index (Phi) is 4.99. The van der Waals surface area contributed by atoms with Crippen molar-refractivity contribution in [1.29, 1.82) is 0 Å². The van der Waals surface area contributed by atoms with Crippen LogP contribution in [0.5, 0.6) is 5.88 Å². The van der Waals surface area contributed by atoms with E-state index in [9.17, 15) is 0 Å². The molecule has 1 aliphatic rings. The number of pyridine rings is 1. The molecule has 0 spiro atoms. The third-order valence-electron chi connectivity index (χ3n) is 4.06. The molecule has 0 atom stereocenters. The van der Waals surface area contributed by atoms with Gasteiger partial charge in [0, 0.05) is 18.0 Å². The molecule has 1 fully saturated rings. The van der Waals surface area contributed by atoms with Gasteiger partial charge in [0.05, 0.1) is 6.54 Å². The highest BCUT2D eigenvalue weighted by Crippen LogP contribution is 2.24. The van der Waals surface area contributed by atoms with Gasteiger partial charge in [0.2, 0.25) is 5.88 Å². The number of nitrogens with one attached hydrogen (secondary N) is 1. The second-order valence-electron chi connectivity index (χ2n) is 6.38. The molecule has 5 nitrogen and oxygen atoms in total. The zero-order valence-corrected chi connectivity index (χ0v) is 14.2. The standard InChI is InChI=1S/C19H24N4O/c1-13-8-14(2)10-16(9-13)23-19(20)22-12-15-6-7-21-18(11-15)24-17-4-3-5-17/h6-11,17H,3-5,12H2,1-2H3,(H3,20,22,23). The first-order chi connectivity index (χ1) is 11.6. The average Bonchev–Trinajstić information content (AvgIpc) is 2.48. The predicted molar refractivity (Wildman–Crippen MR) is 97.4 cm³/mol. The summed E-state index contributed by atoms with van der Waals surface area (Å²) in [6.07, 6.45) is 5.57. The molecule has 0 radical (unpaired) electrons. The predicted octanol–water partition coefficient (Wildman–Crippen LogP) is 3.56. The van der Waals surface area contributed by atoms with Crippen molar-refractivity contribution >= 4 is 11.6 Å². The first kappa shape index (κ1) is 16.3. The summed E-state index contributed by atoms with van der Waals surface area (Å²) in [5, 5.41) is 3.14. The van der Waals surface area contributed by atoms with Gasteiger partial charge in [-0.1, -0.05) is 6.07 Å². The number of anilines is 1. The minimum Gasteiger partial charge on any atom is -0.474 e. The van der Waals surface area contributed by atoms with Crippen LogP contribution in [0.1, 0.15) is 36.0 Å². The molecule has 3 rings (SSSR count). The first-order valence-corrected chi connectivity index (χ1v) is 8.35.